The maximum absolute atomic E-state index is 6.62. The molecule has 0 atom stereocenters. The fourth-order valence-corrected chi connectivity index (χ4v) is 8.68. The van der Waals surface area contributed by atoms with Gasteiger partial charge in [-0.3, -0.25) is 4.57 Å². The number of hydrogen-bond donors (Lipinski definition) is 0. The molecule has 47 heavy (non-hydrogen) atoms. The Balaban J connectivity index is 1.28. The monoisotopic (exact) mass is 617 g/mol. The minimum absolute atomic E-state index is 0.625. The molecule has 5 heteroatoms. The van der Waals surface area contributed by atoms with Crippen LogP contribution < -0.4 is 0 Å². The van der Waals surface area contributed by atoms with Crippen LogP contribution in [-0.2, 0) is 0 Å². The Morgan fingerprint density at radius 2 is 1.28 bits per heavy atom. The Morgan fingerprint density at radius 1 is 0.532 bits per heavy atom. The van der Waals surface area contributed by atoms with Crippen molar-refractivity contribution in [3.05, 3.63) is 140 Å². The smallest absolute Gasteiger partial charge is 0.235 e. The first-order valence-corrected chi connectivity index (χ1v) is 16.6. The lowest BCUT2D eigenvalue weighted by atomic mass is 9.99. The van der Waals surface area contributed by atoms with Gasteiger partial charge >= 0.3 is 0 Å². The van der Waals surface area contributed by atoms with E-state index < -0.39 is 0 Å². The van der Waals surface area contributed by atoms with Crippen LogP contribution in [-0.4, -0.2) is 14.5 Å². The molecule has 0 fully saturated rings. The summed E-state index contributed by atoms with van der Waals surface area (Å²) in [5.74, 6) is 0.625. The van der Waals surface area contributed by atoms with Crippen LogP contribution in [0.4, 0.5) is 0 Å². The van der Waals surface area contributed by atoms with Crippen LogP contribution in [0.2, 0.25) is 0 Å². The minimum Gasteiger partial charge on any atom is -0.454 e. The molecule has 0 aliphatic rings. The molecule has 218 valence electrons. The second-order valence-electron chi connectivity index (χ2n) is 12.2. The van der Waals surface area contributed by atoms with Crippen LogP contribution >= 0.6 is 11.3 Å². The molecular weight excluding hydrogens is 595 g/mol. The van der Waals surface area contributed by atoms with Gasteiger partial charge in [-0.2, -0.15) is 0 Å². The van der Waals surface area contributed by atoms with Crippen molar-refractivity contribution in [3.63, 3.8) is 0 Å². The molecule has 11 rings (SSSR count). The van der Waals surface area contributed by atoms with Crippen LogP contribution in [0, 0.1) is 0 Å². The Bertz CT molecular complexity index is 3090. The molecule has 0 saturated carbocycles. The van der Waals surface area contributed by atoms with E-state index in [1.54, 1.807) is 0 Å². The quantitative estimate of drug-likeness (QED) is 0.194. The first-order chi connectivity index (χ1) is 23.3. The molecule has 0 radical (unpaired) electrons. The van der Waals surface area contributed by atoms with Crippen molar-refractivity contribution < 1.29 is 4.42 Å². The second kappa shape index (κ2) is 9.25. The van der Waals surface area contributed by atoms with E-state index in [2.05, 4.69) is 132 Å². The molecule has 0 bridgehead atoms. The van der Waals surface area contributed by atoms with Gasteiger partial charge in [0.1, 0.15) is 11.1 Å². The van der Waals surface area contributed by atoms with Gasteiger partial charge in [-0.05, 0) is 53.2 Å². The highest BCUT2D eigenvalue weighted by Gasteiger charge is 2.22. The average molecular weight is 618 g/mol. The first-order valence-electron chi connectivity index (χ1n) is 15.8. The Hall–Kier alpha value is -6.04. The van der Waals surface area contributed by atoms with E-state index in [0.29, 0.717) is 5.95 Å². The zero-order chi connectivity index (χ0) is 30.6. The number of nitrogens with zero attached hydrogens (tertiary/aromatic N) is 3. The highest BCUT2D eigenvalue weighted by Crippen LogP contribution is 2.44. The Labute approximate surface area is 271 Å². The molecule has 4 aromatic heterocycles. The number of para-hydroxylation sites is 3. The maximum Gasteiger partial charge on any atom is 0.235 e. The fourth-order valence-electron chi connectivity index (χ4n) is 7.52. The molecule has 7 aromatic carbocycles. The van der Waals surface area contributed by atoms with Crippen LogP contribution in [0.1, 0.15) is 0 Å². The minimum atomic E-state index is 0.625. The third kappa shape index (κ3) is 3.46. The maximum atomic E-state index is 6.62. The number of rotatable bonds is 2. The molecule has 0 unspecified atom stereocenters. The normalized spacial score (nSPS) is 12.3. The highest BCUT2D eigenvalue weighted by molar-refractivity contribution is 7.26. The van der Waals surface area contributed by atoms with Gasteiger partial charge < -0.3 is 4.42 Å². The summed E-state index contributed by atoms with van der Waals surface area (Å²) in [7, 11) is 0. The fraction of sp³-hybridized carbons (Fsp3) is 0. The zero-order valence-corrected chi connectivity index (χ0v) is 25.8. The summed E-state index contributed by atoms with van der Waals surface area (Å²) < 4.78 is 11.3. The Kier molecular flexibility index (Phi) is 4.96. The van der Waals surface area contributed by atoms with Crippen LogP contribution in [0.5, 0.6) is 0 Å². The summed E-state index contributed by atoms with van der Waals surface area (Å²) in [6.07, 6.45) is 0. The van der Waals surface area contributed by atoms with E-state index in [-0.39, 0.29) is 0 Å². The van der Waals surface area contributed by atoms with Crippen molar-refractivity contribution in [1.29, 1.82) is 0 Å². The van der Waals surface area contributed by atoms with E-state index in [9.17, 15) is 0 Å². The van der Waals surface area contributed by atoms with Gasteiger partial charge in [-0.1, -0.05) is 97.1 Å². The summed E-state index contributed by atoms with van der Waals surface area (Å²) in [4.78, 5) is 10.7. The number of thiophene rings is 1. The van der Waals surface area contributed by atoms with Crippen molar-refractivity contribution in [2.45, 2.75) is 0 Å². The van der Waals surface area contributed by atoms with Crippen LogP contribution in [0.25, 0.3) is 103 Å². The number of aromatic nitrogens is 3. The van der Waals surface area contributed by atoms with E-state index in [4.69, 9.17) is 14.4 Å². The van der Waals surface area contributed by atoms with Crippen molar-refractivity contribution in [2.24, 2.45) is 0 Å². The summed E-state index contributed by atoms with van der Waals surface area (Å²) in [6.45, 7) is 0. The van der Waals surface area contributed by atoms with Gasteiger partial charge in [0.05, 0.1) is 16.7 Å². The molecule has 11 aromatic rings. The largest absolute Gasteiger partial charge is 0.454 e. The van der Waals surface area contributed by atoms with E-state index in [1.165, 1.54) is 30.9 Å². The van der Waals surface area contributed by atoms with Gasteiger partial charge in [-0.25, -0.2) is 9.97 Å². The molecule has 0 amide bonds. The van der Waals surface area contributed by atoms with Crippen molar-refractivity contribution in [3.8, 4) is 17.2 Å². The number of benzene rings is 7. The molecule has 4 nitrogen and oxygen atoms in total. The molecule has 0 spiro atoms. The number of furan rings is 1. The predicted molar refractivity (Wildman–Crippen MR) is 197 cm³/mol. The van der Waals surface area contributed by atoms with Gasteiger partial charge in [0.2, 0.25) is 5.95 Å². The summed E-state index contributed by atoms with van der Waals surface area (Å²) in [6, 6.07) is 49.3. The standard InChI is InChI=1S/C42H23N3OS/c1-2-11-25-23-37-32(22-24(25)10-1)38-31(15-9-19-36(38)47-37)39-30-14-3-6-16-33(30)43-42(44-39)45-34-17-7-4-12-26(34)28-20-21-29-27-13-5-8-18-35(27)46-41(29)40(28)45/h1-23H. The molecular formula is C42H23N3OS. The van der Waals surface area contributed by atoms with Crippen LogP contribution in [0.3, 0.4) is 0 Å². The summed E-state index contributed by atoms with van der Waals surface area (Å²) in [5.41, 5.74) is 6.67. The summed E-state index contributed by atoms with van der Waals surface area (Å²) in [5, 5.41) is 10.4. The van der Waals surface area contributed by atoms with E-state index in [0.717, 1.165) is 65.9 Å². The highest BCUT2D eigenvalue weighted by atomic mass is 32.1. The van der Waals surface area contributed by atoms with Crippen molar-refractivity contribution in [2.75, 3.05) is 0 Å². The molecule has 0 aliphatic heterocycles. The van der Waals surface area contributed by atoms with Gasteiger partial charge in [0, 0.05) is 52.7 Å². The van der Waals surface area contributed by atoms with Crippen molar-refractivity contribution >= 4 is 96.9 Å². The predicted octanol–water partition coefficient (Wildman–Crippen LogP) is 11.8. The third-order valence-corrected chi connectivity index (χ3v) is 10.7. The van der Waals surface area contributed by atoms with Crippen LogP contribution in [0.15, 0.2) is 144 Å². The first kappa shape index (κ1) is 25.2. The molecule has 0 aliphatic carbocycles. The lowest BCUT2D eigenvalue weighted by molar-refractivity contribution is 0.671. The average Bonchev–Trinajstić information content (AvgIpc) is 3.79. The Morgan fingerprint density at radius 3 is 2.19 bits per heavy atom. The SMILES string of the molecule is c1ccc2cc3c(cc2c1)sc1cccc(-c2nc(-n4c5ccccc5c5ccc6c7ccccc7oc6c54)nc4ccccc24)c13. The lowest BCUT2D eigenvalue weighted by Crippen LogP contribution is -2.03. The molecule has 0 saturated heterocycles. The van der Waals surface area contributed by atoms with Gasteiger partial charge in [0.25, 0.3) is 0 Å². The van der Waals surface area contributed by atoms with Gasteiger partial charge in [0.15, 0.2) is 5.58 Å². The molecule has 4 heterocycles. The van der Waals surface area contributed by atoms with Crippen molar-refractivity contribution in [1.82, 2.24) is 14.5 Å². The zero-order valence-electron chi connectivity index (χ0n) is 24.9. The number of hydrogen-bond acceptors (Lipinski definition) is 4. The topological polar surface area (TPSA) is 43.9 Å². The summed E-state index contributed by atoms with van der Waals surface area (Å²) >= 11 is 1.84. The van der Waals surface area contributed by atoms with E-state index in [1.807, 2.05) is 23.5 Å². The third-order valence-electron chi connectivity index (χ3n) is 9.59. The molecule has 0 N–H and O–H groups in total. The lowest BCUT2D eigenvalue weighted by Gasteiger charge is -2.13. The second-order valence-corrected chi connectivity index (χ2v) is 13.2. The number of fused-ring (bicyclic) bond motifs is 12. The van der Waals surface area contributed by atoms with Gasteiger partial charge in [-0.15, -0.1) is 11.3 Å². The van der Waals surface area contributed by atoms with E-state index >= 15 is 0 Å².